The van der Waals surface area contributed by atoms with E-state index in [1.165, 1.54) is 0 Å². The molecule has 0 amide bonds. The van der Waals surface area contributed by atoms with Gasteiger partial charge in [-0.05, 0) is 25.1 Å². The predicted octanol–water partition coefficient (Wildman–Crippen LogP) is 2.16. The van der Waals surface area contributed by atoms with E-state index in [0.717, 1.165) is 48.7 Å². The molecule has 0 saturated carbocycles. The normalized spacial score (nSPS) is 18.6. The van der Waals surface area contributed by atoms with E-state index in [9.17, 15) is 0 Å². The number of halogens is 1. The highest BCUT2D eigenvalue weighted by Crippen LogP contribution is 2.23. The van der Waals surface area contributed by atoms with Gasteiger partial charge in [0.25, 0.3) is 0 Å². The Morgan fingerprint density at radius 1 is 1.44 bits per heavy atom. The lowest BCUT2D eigenvalue weighted by atomic mass is 10.2. The molecule has 0 spiro atoms. The lowest BCUT2D eigenvalue weighted by molar-refractivity contribution is 0.0368. The van der Waals surface area contributed by atoms with E-state index < -0.39 is 0 Å². The number of morpholine rings is 1. The molecule has 1 atom stereocenters. The van der Waals surface area contributed by atoms with E-state index in [4.69, 9.17) is 10.5 Å². The maximum absolute atomic E-state index is 5.98. The van der Waals surface area contributed by atoms with Crippen molar-refractivity contribution in [1.29, 1.82) is 0 Å². The van der Waals surface area contributed by atoms with Crippen LogP contribution in [0.5, 0.6) is 0 Å². The summed E-state index contributed by atoms with van der Waals surface area (Å²) in [6.07, 6.45) is 0. The van der Waals surface area contributed by atoms with Gasteiger partial charge in [-0.15, -0.1) is 0 Å². The molecule has 3 N–H and O–H groups in total. The molecule has 0 aromatic heterocycles. The third kappa shape index (κ3) is 3.86. The van der Waals surface area contributed by atoms with Gasteiger partial charge >= 0.3 is 0 Å². The first kappa shape index (κ1) is 13.6. The summed E-state index contributed by atoms with van der Waals surface area (Å²) in [5, 5.41) is 3.46. The number of nitrogens with two attached hydrogens (primary N) is 1. The first-order chi connectivity index (χ1) is 8.65. The lowest BCUT2D eigenvalue weighted by Gasteiger charge is -2.30. The van der Waals surface area contributed by atoms with Gasteiger partial charge in [-0.2, -0.15) is 0 Å². The van der Waals surface area contributed by atoms with Crippen molar-refractivity contribution in [3.8, 4) is 0 Å². The van der Waals surface area contributed by atoms with Crippen LogP contribution in [0.15, 0.2) is 22.7 Å². The van der Waals surface area contributed by atoms with Crippen molar-refractivity contribution < 1.29 is 4.74 Å². The van der Waals surface area contributed by atoms with Crippen molar-refractivity contribution >= 4 is 27.3 Å². The number of ether oxygens (including phenoxy) is 1. The fraction of sp³-hybridized carbons (Fsp3) is 0.538. The summed E-state index contributed by atoms with van der Waals surface area (Å²) in [5.41, 5.74) is 7.75. The minimum atomic E-state index is 0.367. The van der Waals surface area contributed by atoms with E-state index in [1.54, 1.807) is 0 Å². The number of nitrogens with one attached hydrogen (secondary N) is 1. The van der Waals surface area contributed by atoms with Crippen LogP contribution in [-0.2, 0) is 4.74 Å². The molecule has 1 aliphatic heterocycles. The number of anilines is 2. The van der Waals surface area contributed by atoms with Crippen molar-refractivity contribution in [2.75, 3.05) is 43.9 Å². The number of nitrogen functional groups attached to an aromatic ring is 1. The first-order valence-corrected chi connectivity index (χ1v) is 7.06. The van der Waals surface area contributed by atoms with E-state index in [0.29, 0.717) is 6.04 Å². The molecule has 5 heteroatoms. The van der Waals surface area contributed by atoms with Crippen LogP contribution in [0.2, 0.25) is 0 Å². The van der Waals surface area contributed by atoms with Gasteiger partial charge in [-0.3, -0.25) is 4.90 Å². The van der Waals surface area contributed by atoms with Crippen molar-refractivity contribution in [3.05, 3.63) is 22.7 Å². The van der Waals surface area contributed by atoms with Crippen LogP contribution in [-0.4, -0.2) is 43.8 Å². The molecule has 100 valence electrons. The van der Waals surface area contributed by atoms with Crippen molar-refractivity contribution in [2.45, 2.75) is 13.0 Å². The Bertz CT molecular complexity index is 394. The number of hydrogen-bond acceptors (Lipinski definition) is 4. The van der Waals surface area contributed by atoms with Crippen LogP contribution < -0.4 is 11.1 Å². The molecule has 1 unspecified atom stereocenters. The molecule has 4 nitrogen and oxygen atoms in total. The Hall–Kier alpha value is -0.780. The second-order valence-corrected chi connectivity index (χ2v) is 5.61. The highest BCUT2D eigenvalue weighted by Gasteiger charge is 2.14. The summed E-state index contributed by atoms with van der Waals surface area (Å²) in [6, 6.07) is 6.30. The maximum atomic E-state index is 5.98. The zero-order chi connectivity index (χ0) is 13.0. The Morgan fingerprint density at radius 3 is 2.83 bits per heavy atom. The minimum absolute atomic E-state index is 0.367. The third-order valence-electron chi connectivity index (χ3n) is 3.05. The van der Waals surface area contributed by atoms with Gasteiger partial charge in [0.1, 0.15) is 0 Å². The molecule has 1 aromatic rings. The highest BCUT2D eigenvalue weighted by molar-refractivity contribution is 9.10. The molecule has 1 aromatic carbocycles. The Morgan fingerprint density at radius 2 is 2.17 bits per heavy atom. The summed E-state index contributed by atoms with van der Waals surface area (Å²) < 4.78 is 6.35. The molecule has 1 saturated heterocycles. The minimum Gasteiger partial charge on any atom is -0.397 e. The van der Waals surface area contributed by atoms with E-state index in [2.05, 4.69) is 33.1 Å². The summed E-state index contributed by atoms with van der Waals surface area (Å²) >= 11 is 3.41. The molecule has 2 rings (SSSR count). The van der Waals surface area contributed by atoms with E-state index >= 15 is 0 Å². The zero-order valence-corrected chi connectivity index (χ0v) is 12.2. The number of rotatable bonds is 4. The largest absolute Gasteiger partial charge is 0.397 e. The van der Waals surface area contributed by atoms with Crippen LogP contribution >= 0.6 is 15.9 Å². The predicted molar refractivity (Wildman–Crippen MR) is 78.9 cm³/mol. The highest BCUT2D eigenvalue weighted by atomic mass is 79.9. The van der Waals surface area contributed by atoms with Gasteiger partial charge in [0.15, 0.2) is 0 Å². The lowest BCUT2D eigenvalue weighted by Crippen LogP contribution is -2.42. The average molecular weight is 314 g/mol. The molecule has 0 radical (unpaired) electrons. The molecule has 18 heavy (non-hydrogen) atoms. The first-order valence-electron chi connectivity index (χ1n) is 6.27. The molecule has 1 aliphatic rings. The maximum Gasteiger partial charge on any atom is 0.0594 e. The molecule has 0 bridgehead atoms. The van der Waals surface area contributed by atoms with Gasteiger partial charge in [0.05, 0.1) is 24.6 Å². The Labute approximate surface area is 117 Å². The fourth-order valence-corrected chi connectivity index (χ4v) is 2.53. The molecular weight excluding hydrogens is 294 g/mol. The van der Waals surface area contributed by atoms with Crippen molar-refractivity contribution in [1.82, 2.24) is 4.90 Å². The molecule has 0 aliphatic carbocycles. The van der Waals surface area contributed by atoms with Gasteiger partial charge in [-0.25, -0.2) is 0 Å². The van der Waals surface area contributed by atoms with Gasteiger partial charge in [0, 0.05) is 30.1 Å². The Balaban J connectivity index is 1.87. The van der Waals surface area contributed by atoms with Gasteiger partial charge in [0.2, 0.25) is 0 Å². The standard InChI is InChI=1S/C13H20BrN3O/c1-10(9-17-4-6-18-7-5-17)16-13-3-2-11(14)8-12(13)15/h2-3,8,10,16H,4-7,9,15H2,1H3. The quantitative estimate of drug-likeness (QED) is 0.836. The van der Waals surface area contributed by atoms with Gasteiger partial charge < -0.3 is 15.8 Å². The van der Waals surface area contributed by atoms with Crippen LogP contribution in [0.3, 0.4) is 0 Å². The third-order valence-corrected chi connectivity index (χ3v) is 3.54. The molecular formula is C13H20BrN3O. The molecule has 1 heterocycles. The smallest absolute Gasteiger partial charge is 0.0594 e. The van der Waals surface area contributed by atoms with Crippen LogP contribution in [0.1, 0.15) is 6.92 Å². The second kappa shape index (κ2) is 6.41. The number of hydrogen-bond donors (Lipinski definition) is 2. The second-order valence-electron chi connectivity index (χ2n) is 4.69. The van der Waals surface area contributed by atoms with E-state index in [1.807, 2.05) is 18.2 Å². The van der Waals surface area contributed by atoms with Crippen LogP contribution in [0.25, 0.3) is 0 Å². The summed E-state index contributed by atoms with van der Waals surface area (Å²) in [6.45, 7) is 6.90. The van der Waals surface area contributed by atoms with Crippen molar-refractivity contribution in [3.63, 3.8) is 0 Å². The zero-order valence-electron chi connectivity index (χ0n) is 10.7. The summed E-state index contributed by atoms with van der Waals surface area (Å²) in [5.74, 6) is 0. The SMILES string of the molecule is CC(CN1CCOCC1)Nc1ccc(Br)cc1N. The molecule has 1 fully saturated rings. The van der Waals surface area contributed by atoms with Crippen LogP contribution in [0, 0.1) is 0 Å². The van der Waals surface area contributed by atoms with E-state index in [-0.39, 0.29) is 0 Å². The average Bonchev–Trinajstić information content (AvgIpc) is 2.34. The van der Waals surface area contributed by atoms with Gasteiger partial charge in [-0.1, -0.05) is 15.9 Å². The summed E-state index contributed by atoms with van der Waals surface area (Å²) in [4.78, 5) is 2.41. The monoisotopic (exact) mass is 313 g/mol. The van der Waals surface area contributed by atoms with Crippen LogP contribution in [0.4, 0.5) is 11.4 Å². The number of benzene rings is 1. The summed E-state index contributed by atoms with van der Waals surface area (Å²) in [7, 11) is 0. The Kier molecular flexibility index (Phi) is 4.86. The fourth-order valence-electron chi connectivity index (χ4n) is 2.15. The topological polar surface area (TPSA) is 50.5 Å². The number of nitrogens with zero attached hydrogens (tertiary/aromatic N) is 1. The van der Waals surface area contributed by atoms with Crippen molar-refractivity contribution in [2.24, 2.45) is 0 Å².